The minimum Gasteiger partial charge on any atom is -0.321 e. The zero-order valence-corrected chi connectivity index (χ0v) is 16.2. The first-order chi connectivity index (χ1) is 13.1. The van der Waals surface area contributed by atoms with Gasteiger partial charge in [-0.25, -0.2) is 14.1 Å². The van der Waals surface area contributed by atoms with Gasteiger partial charge in [0.05, 0.1) is 4.88 Å². The Morgan fingerprint density at radius 3 is 2.63 bits per heavy atom. The Morgan fingerprint density at radius 2 is 1.93 bits per heavy atom. The molecular formula is C19H12BrFN4OS. The fourth-order valence-electron chi connectivity index (χ4n) is 2.52. The van der Waals surface area contributed by atoms with E-state index in [0.717, 1.165) is 14.9 Å². The highest BCUT2D eigenvalue weighted by Gasteiger charge is 2.13. The first kappa shape index (κ1) is 17.6. The lowest BCUT2D eigenvalue weighted by Crippen LogP contribution is -2.10. The first-order valence-electron chi connectivity index (χ1n) is 7.92. The normalized spacial score (nSPS) is 10.7. The standard InChI is InChI=1S/C19H12BrFN4OS/c20-13-3-1-12(2-4-13)17-7-8-18(27-17)19(26)24-14-5-6-16(15(21)9-14)25-11-22-10-23-25/h1-11H,(H,24,26). The van der Waals surface area contributed by atoms with E-state index in [-0.39, 0.29) is 11.6 Å². The van der Waals surface area contributed by atoms with Crippen molar-refractivity contribution in [1.29, 1.82) is 0 Å². The van der Waals surface area contributed by atoms with Gasteiger partial charge in [-0.15, -0.1) is 11.3 Å². The molecule has 0 saturated carbocycles. The lowest BCUT2D eigenvalue weighted by molar-refractivity contribution is 0.103. The molecule has 27 heavy (non-hydrogen) atoms. The number of carbonyl (C=O) groups excluding carboxylic acids is 1. The molecule has 2 aromatic heterocycles. The number of halogens is 2. The van der Waals surface area contributed by atoms with Crippen LogP contribution >= 0.6 is 27.3 Å². The van der Waals surface area contributed by atoms with Crippen LogP contribution in [0.3, 0.4) is 0 Å². The minimum absolute atomic E-state index is 0.263. The first-order valence-corrected chi connectivity index (χ1v) is 9.53. The molecule has 0 aliphatic rings. The van der Waals surface area contributed by atoms with Gasteiger partial charge in [0.15, 0.2) is 5.82 Å². The smallest absolute Gasteiger partial charge is 0.265 e. The average Bonchev–Trinajstić information content (AvgIpc) is 3.35. The van der Waals surface area contributed by atoms with Crippen LogP contribution in [0.1, 0.15) is 9.67 Å². The fraction of sp³-hybridized carbons (Fsp3) is 0. The van der Waals surface area contributed by atoms with Crippen LogP contribution in [-0.4, -0.2) is 20.7 Å². The van der Waals surface area contributed by atoms with E-state index < -0.39 is 5.82 Å². The van der Waals surface area contributed by atoms with Crippen molar-refractivity contribution in [2.24, 2.45) is 0 Å². The molecule has 1 N–H and O–H groups in total. The number of nitrogens with zero attached hydrogens (tertiary/aromatic N) is 3. The van der Waals surface area contributed by atoms with E-state index in [0.29, 0.717) is 10.6 Å². The summed E-state index contributed by atoms with van der Waals surface area (Å²) in [7, 11) is 0. The van der Waals surface area contributed by atoms with Crippen LogP contribution in [0, 0.1) is 5.82 Å². The number of amides is 1. The second-order valence-corrected chi connectivity index (χ2v) is 7.63. The number of nitrogens with one attached hydrogen (secondary N) is 1. The van der Waals surface area contributed by atoms with E-state index in [4.69, 9.17) is 0 Å². The summed E-state index contributed by atoms with van der Waals surface area (Å²) in [5.41, 5.74) is 1.67. The number of hydrogen-bond acceptors (Lipinski definition) is 4. The predicted molar refractivity (Wildman–Crippen MR) is 107 cm³/mol. The van der Waals surface area contributed by atoms with Crippen molar-refractivity contribution in [3.63, 3.8) is 0 Å². The maximum atomic E-state index is 14.3. The summed E-state index contributed by atoms with van der Waals surface area (Å²) in [6.07, 6.45) is 2.74. The number of rotatable bonds is 4. The number of thiophene rings is 1. The van der Waals surface area contributed by atoms with E-state index in [1.807, 2.05) is 30.3 Å². The fourth-order valence-corrected chi connectivity index (χ4v) is 3.70. The molecule has 0 aliphatic carbocycles. The summed E-state index contributed by atoms with van der Waals surface area (Å²) < 4.78 is 16.6. The van der Waals surface area contributed by atoms with Crippen molar-refractivity contribution >= 4 is 38.9 Å². The van der Waals surface area contributed by atoms with E-state index in [9.17, 15) is 9.18 Å². The molecule has 0 fully saturated rings. The van der Waals surface area contributed by atoms with Gasteiger partial charge in [0.1, 0.15) is 18.3 Å². The Kier molecular flexibility index (Phi) is 4.83. The lowest BCUT2D eigenvalue weighted by atomic mass is 10.2. The van der Waals surface area contributed by atoms with Gasteiger partial charge in [-0.2, -0.15) is 5.10 Å². The van der Waals surface area contributed by atoms with Crippen LogP contribution in [0.15, 0.2) is 71.7 Å². The molecule has 0 bridgehead atoms. The number of aromatic nitrogens is 3. The third-order valence-electron chi connectivity index (χ3n) is 3.83. The third-order valence-corrected chi connectivity index (χ3v) is 5.49. The molecule has 0 aliphatic heterocycles. The summed E-state index contributed by atoms with van der Waals surface area (Å²) in [5, 5.41) is 6.62. The Labute approximate surface area is 166 Å². The predicted octanol–water partition coefficient (Wildman–Crippen LogP) is 5.15. The Morgan fingerprint density at radius 1 is 1.11 bits per heavy atom. The maximum absolute atomic E-state index is 14.3. The summed E-state index contributed by atoms with van der Waals surface area (Å²) in [6.45, 7) is 0. The Bertz CT molecular complexity index is 1090. The number of carbonyl (C=O) groups is 1. The molecule has 4 rings (SSSR count). The summed E-state index contributed by atoms with van der Waals surface area (Å²) in [4.78, 5) is 17.8. The van der Waals surface area contributed by atoms with Gasteiger partial charge >= 0.3 is 0 Å². The molecule has 4 aromatic rings. The van der Waals surface area contributed by atoms with Gasteiger partial charge in [-0.1, -0.05) is 28.1 Å². The molecule has 2 heterocycles. The van der Waals surface area contributed by atoms with Gasteiger partial charge in [0, 0.05) is 15.0 Å². The van der Waals surface area contributed by atoms with Gasteiger partial charge in [0.2, 0.25) is 0 Å². The molecule has 0 radical (unpaired) electrons. The van der Waals surface area contributed by atoms with Crippen LogP contribution in [0.2, 0.25) is 0 Å². The Hall–Kier alpha value is -2.84. The minimum atomic E-state index is -0.500. The number of benzene rings is 2. The second kappa shape index (κ2) is 7.42. The largest absolute Gasteiger partial charge is 0.321 e. The topological polar surface area (TPSA) is 59.8 Å². The van der Waals surface area contributed by atoms with Gasteiger partial charge in [-0.05, 0) is 48.0 Å². The molecule has 5 nitrogen and oxygen atoms in total. The van der Waals surface area contributed by atoms with E-state index >= 15 is 0 Å². The molecule has 0 atom stereocenters. The molecule has 0 spiro atoms. The SMILES string of the molecule is O=C(Nc1ccc(-n2cncn2)c(F)c1)c1ccc(-c2ccc(Br)cc2)s1. The number of anilines is 1. The van der Waals surface area contributed by atoms with Crippen molar-refractivity contribution < 1.29 is 9.18 Å². The van der Waals surface area contributed by atoms with Crippen molar-refractivity contribution in [1.82, 2.24) is 14.8 Å². The van der Waals surface area contributed by atoms with Crippen molar-refractivity contribution in [2.45, 2.75) is 0 Å². The van der Waals surface area contributed by atoms with Gasteiger partial charge in [-0.3, -0.25) is 4.79 Å². The highest BCUT2D eigenvalue weighted by molar-refractivity contribution is 9.10. The van der Waals surface area contributed by atoms with Crippen LogP contribution in [0.5, 0.6) is 0 Å². The molecule has 0 saturated heterocycles. The van der Waals surface area contributed by atoms with Crippen LogP contribution < -0.4 is 5.32 Å². The molecule has 8 heteroatoms. The van der Waals surface area contributed by atoms with E-state index in [1.54, 1.807) is 18.2 Å². The van der Waals surface area contributed by atoms with E-state index in [2.05, 4.69) is 31.3 Å². The zero-order valence-electron chi connectivity index (χ0n) is 13.8. The van der Waals surface area contributed by atoms with Gasteiger partial charge < -0.3 is 5.32 Å². The van der Waals surface area contributed by atoms with Crippen molar-refractivity contribution in [3.8, 4) is 16.1 Å². The van der Waals surface area contributed by atoms with Gasteiger partial charge in [0.25, 0.3) is 5.91 Å². The highest BCUT2D eigenvalue weighted by atomic mass is 79.9. The summed E-state index contributed by atoms with van der Waals surface area (Å²) in [6, 6.07) is 16.0. The second-order valence-electron chi connectivity index (χ2n) is 5.63. The maximum Gasteiger partial charge on any atom is 0.265 e. The van der Waals surface area contributed by atoms with Crippen LogP contribution in [-0.2, 0) is 0 Å². The van der Waals surface area contributed by atoms with Crippen molar-refractivity contribution in [2.75, 3.05) is 5.32 Å². The zero-order chi connectivity index (χ0) is 18.8. The summed E-state index contributed by atoms with van der Waals surface area (Å²) in [5.74, 6) is -0.781. The third kappa shape index (κ3) is 3.81. The quantitative estimate of drug-likeness (QED) is 0.475. The average molecular weight is 443 g/mol. The molecule has 1 amide bonds. The Balaban J connectivity index is 1.51. The molecule has 134 valence electrons. The lowest BCUT2D eigenvalue weighted by Gasteiger charge is -2.07. The molecule has 2 aromatic carbocycles. The van der Waals surface area contributed by atoms with Crippen LogP contribution in [0.25, 0.3) is 16.1 Å². The van der Waals surface area contributed by atoms with Crippen molar-refractivity contribution in [3.05, 3.63) is 82.4 Å². The summed E-state index contributed by atoms with van der Waals surface area (Å²) >= 11 is 4.79. The van der Waals surface area contributed by atoms with Crippen LogP contribution in [0.4, 0.5) is 10.1 Å². The number of hydrogen-bond donors (Lipinski definition) is 1. The molecule has 0 unspecified atom stereocenters. The monoisotopic (exact) mass is 442 g/mol. The molecular weight excluding hydrogens is 431 g/mol. The highest BCUT2D eigenvalue weighted by Crippen LogP contribution is 2.29. The van der Waals surface area contributed by atoms with E-state index in [1.165, 1.54) is 34.7 Å².